The molecule has 3 heterocycles. The van der Waals surface area contributed by atoms with Crippen molar-refractivity contribution in [3.63, 3.8) is 0 Å². The summed E-state index contributed by atoms with van der Waals surface area (Å²) in [5, 5.41) is 12.5. The molecule has 8 heteroatoms. The van der Waals surface area contributed by atoms with Gasteiger partial charge in [-0.25, -0.2) is 0 Å². The fourth-order valence-electron chi connectivity index (χ4n) is 3.49. The Kier molecular flexibility index (Phi) is 4.35. The number of ether oxygens (including phenoxy) is 1. The first kappa shape index (κ1) is 16.9. The van der Waals surface area contributed by atoms with Crippen molar-refractivity contribution >= 4 is 34.1 Å². The summed E-state index contributed by atoms with van der Waals surface area (Å²) in [5.74, 6) is -3.46. The molecule has 1 aromatic rings. The van der Waals surface area contributed by atoms with E-state index in [4.69, 9.17) is 10.5 Å². The van der Waals surface area contributed by atoms with Gasteiger partial charge in [-0.05, 0) is 24.8 Å². The lowest BCUT2D eigenvalue weighted by atomic mass is 9.79. The van der Waals surface area contributed by atoms with Crippen LogP contribution in [0.3, 0.4) is 0 Å². The van der Waals surface area contributed by atoms with Gasteiger partial charge in [-0.3, -0.25) is 14.4 Å². The molecule has 0 aromatic carbocycles. The van der Waals surface area contributed by atoms with Gasteiger partial charge in [-0.2, -0.15) is 0 Å². The zero-order valence-corrected chi connectivity index (χ0v) is 14.3. The monoisotopic (exact) mass is 352 g/mol. The van der Waals surface area contributed by atoms with E-state index < -0.39 is 35.7 Å². The van der Waals surface area contributed by atoms with E-state index in [1.807, 2.05) is 13.8 Å². The number of amides is 2. The lowest BCUT2D eigenvalue weighted by Gasteiger charge is -2.23. The second kappa shape index (κ2) is 6.18. The number of carboxylic acid groups (broad SMARTS) is 1. The Morgan fingerprint density at radius 1 is 1.29 bits per heavy atom. The highest BCUT2D eigenvalue weighted by Crippen LogP contribution is 2.44. The molecular weight excluding hydrogens is 332 g/mol. The molecule has 4 N–H and O–H groups in total. The number of rotatable bonds is 5. The van der Waals surface area contributed by atoms with Gasteiger partial charge in [0.2, 0.25) is 5.91 Å². The predicted octanol–water partition coefficient (Wildman–Crippen LogP) is 1.79. The third-order valence-electron chi connectivity index (χ3n) is 4.68. The Balaban J connectivity index is 1.84. The van der Waals surface area contributed by atoms with Crippen LogP contribution in [-0.2, 0) is 14.3 Å². The van der Waals surface area contributed by atoms with Crippen molar-refractivity contribution in [2.45, 2.75) is 44.8 Å². The molecule has 2 aliphatic rings. The maximum absolute atomic E-state index is 12.7. The highest BCUT2D eigenvalue weighted by Gasteiger charge is 2.55. The van der Waals surface area contributed by atoms with Gasteiger partial charge < -0.3 is 20.9 Å². The molecule has 2 bridgehead atoms. The minimum absolute atomic E-state index is 0.191. The quantitative estimate of drug-likeness (QED) is 0.746. The summed E-state index contributed by atoms with van der Waals surface area (Å²) in [6.07, 6.45) is 0.553. The molecule has 4 atom stereocenters. The number of carbonyl (C=O) groups excluding carboxylic acids is 2. The summed E-state index contributed by atoms with van der Waals surface area (Å²) >= 11 is 1.29. The Labute approximate surface area is 143 Å². The Hall–Kier alpha value is -1.93. The van der Waals surface area contributed by atoms with Crippen LogP contribution in [0.25, 0.3) is 0 Å². The van der Waals surface area contributed by atoms with Crippen molar-refractivity contribution in [2.24, 2.45) is 17.6 Å². The molecule has 3 rings (SSSR count). The molecule has 24 heavy (non-hydrogen) atoms. The molecule has 2 aliphatic heterocycles. The van der Waals surface area contributed by atoms with Crippen LogP contribution in [0.15, 0.2) is 6.07 Å². The average Bonchev–Trinajstić information content (AvgIpc) is 3.19. The minimum atomic E-state index is -1.02. The molecule has 0 spiro atoms. The molecule has 1 aromatic heterocycles. The van der Waals surface area contributed by atoms with E-state index >= 15 is 0 Å². The highest BCUT2D eigenvalue weighted by molar-refractivity contribution is 7.16. The maximum Gasteiger partial charge on any atom is 0.310 e. The van der Waals surface area contributed by atoms with Crippen LogP contribution in [0.2, 0.25) is 0 Å². The van der Waals surface area contributed by atoms with Crippen molar-refractivity contribution in [2.75, 3.05) is 5.32 Å². The highest BCUT2D eigenvalue weighted by atomic mass is 32.1. The van der Waals surface area contributed by atoms with Gasteiger partial charge in [-0.15, -0.1) is 11.3 Å². The first-order chi connectivity index (χ1) is 11.3. The third kappa shape index (κ3) is 2.80. The summed E-state index contributed by atoms with van der Waals surface area (Å²) in [5.41, 5.74) is 5.65. The molecule has 0 aliphatic carbocycles. The second-order valence-corrected chi connectivity index (χ2v) is 7.66. The van der Waals surface area contributed by atoms with Crippen LogP contribution >= 0.6 is 11.3 Å². The fourth-order valence-corrected chi connectivity index (χ4v) is 4.56. The zero-order chi connectivity index (χ0) is 17.6. The van der Waals surface area contributed by atoms with Crippen LogP contribution in [0.1, 0.15) is 47.8 Å². The number of nitrogens with two attached hydrogens (primary N) is 1. The normalized spacial score (nSPS) is 28.3. The largest absolute Gasteiger partial charge is 0.481 e. The first-order valence-electron chi connectivity index (χ1n) is 7.92. The van der Waals surface area contributed by atoms with E-state index in [-0.39, 0.29) is 17.6 Å². The summed E-state index contributed by atoms with van der Waals surface area (Å²) in [6.45, 7) is 3.96. The van der Waals surface area contributed by atoms with Crippen molar-refractivity contribution < 1.29 is 24.2 Å². The van der Waals surface area contributed by atoms with Gasteiger partial charge in [0.25, 0.3) is 5.91 Å². The van der Waals surface area contributed by atoms with Gasteiger partial charge in [0, 0.05) is 4.88 Å². The summed E-state index contributed by atoms with van der Waals surface area (Å²) in [7, 11) is 0. The SMILES string of the molecule is CC(C)c1cc(C(N)=O)c(NC(=O)[C@@H]2[C@@H](C(=O)O)[C@H]3CC[C@H]2O3)s1. The van der Waals surface area contributed by atoms with Crippen LogP contribution in [0.5, 0.6) is 0 Å². The standard InChI is InChI=1S/C16H20N2O5S/c1-6(2)10-5-7(13(17)19)15(24-10)18-14(20)11-8-3-4-9(23-8)12(11)16(21)22/h5-6,8-9,11-12H,3-4H2,1-2H3,(H2,17,19)(H,18,20)(H,21,22)/t8-,9-,11+,12+/m1/s1. The zero-order valence-electron chi connectivity index (χ0n) is 13.4. The fraction of sp³-hybridized carbons (Fsp3) is 0.562. The topological polar surface area (TPSA) is 119 Å². The number of primary amides is 1. The van der Waals surface area contributed by atoms with Crippen molar-refractivity contribution in [1.29, 1.82) is 0 Å². The number of hydrogen-bond donors (Lipinski definition) is 3. The number of fused-ring (bicyclic) bond motifs is 2. The van der Waals surface area contributed by atoms with Gasteiger partial charge in [0.05, 0.1) is 29.6 Å². The van der Waals surface area contributed by atoms with E-state index in [0.29, 0.717) is 17.8 Å². The van der Waals surface area contributed by atoms with Gasteiger partial charge in [-0.1, -0.05) is 13.8 Å². The smallest absolute Gasteiger partial charge is 0.310 e. The molecule has 2 amide bonds. The van der Waals surface area contributed by atoms with Gasteiger partial charge in [0.15, 0.2) is 0 Å². The van der Waals surface area contributed by atoms with E-state index in [9.17, 15) is 19.5 Å². The third-order valence-corrected chi connectivity index (χ3v) is 6.03. The molecule has 0 radical (unpaired) electrons. The van der Waals surface area contributed by atoms with Gasteiger partial charge in [0.1, 0.15) is 5.00 Å². The predicted molar refractivity (Wildman–Crippen MR) is 88.1 cm³/mol. The number of carbonyl (C=O) groups is 3. The van der Waals surface area contributed by atoms with Crippen LogP contribution in [0, 0.1) is 11.8 Å². The van der Waals surface area contributed by atoms with Crippen molar-refractivity contribution in [1.82, 2.24) is 0 Å². The number of carboxylic acids is 1. The van der Waals surface area contributed by atoms with Crippen molar-refractivity contribution in [3.8, 4) is 0 Å². The molecule has 2 fully saturated rings. The maximum atomic E-state index is 12.7. The van der Waals surface area contributed by atoms with Crippen molar-refractivity contribution in [3.05, 3.63) is 16.5 Å². The summed E-state index contributed by atoms with van der Waals surface area (Å²) in [4.78, 5) is 36.7. The lowest BCUT2D eigenvalue weighted by Crippen LogP contribution is -2.41. The lowest BCUT2D eigenvalue weighted by molar-refractivity contribution is -0.147. The molecule has 0 saturated carbocycles. The van der Waals surface area contributed by atoms with E-state index in [2.05, 4.69) is 5.32 Å². The average molecular weight is 352 g/mol. The van der Waals surface area contributed by atoms with E-state index in [1.165, 1.54) is 11.3 Å². The van der Waals surface area contributed by atoms with E-state index in [1.54, 1.807) is 6.07 Å². The summed E-state index contributed by atoms with van der Waals surface area (Å²) < 4.78 is 5.61. The van der Waals surface area contributed by atoms with Crippen LogP contribution < -0.4 is 11.1 Å². The number of aliphatic carboxylic acids is 1. The minimum Gasteiger partial charge on any atom is -0.481 e. The number of nitrogens with one attached hydrogen (secondary N) is 1. The number of anilines is 1. The first-order valence-corrected chi connectivity index (χ1v) is 8.74. The summed E-state index contributed by atoms with van der Waals surface area (Å²) in [6, 6.07) is 1.68. The van der Waals surface area contributed by atoms with Crippen LogP contribution in [-0.4, -0.2) is 35.1 Å². The molecular formula is C16H20N2O5S. The molecule has 2 saturated heterocycles. The number of hydrogen-bond acceptors (Lipinski definition) is 5. The Bertz CT molecular complexity index is 699. The molecule has 7 nitrogen and oxygen atoms in total. The van der Waals surface area contributed by atoms with E-state index in [0.717, 1.165) is 4.88 Å². The Morgan fingerprint density at radius 3 is 2.46 bits per heavy atom. The molecule has 0 unspecified atom stereocenters. The van der Waals surface area contributed by atoms with Crippen LogP contribution in [0.4, 0.5) is 5.00 Å². The number of thiophene rings is 1. The Morgan fingerprint density at radius 2 is 1.92 bits per heavy atom. The van der Waals surface area contributed by atoms with Gasteiger partial charge >= 0.3 is 5.97 Å². The second-order valence-electron chi connectivity index (χ2n) is 6.58. The molecule has 130 valence electrons.